The number of benzene rings is 3. The van der Waals surface area contributed by atoms with Gasteiger partial charge in [0.15, 0.2) is 11.5 Å². The first kappa shape index (κ1) is 25.3. The first-order valence-electron chi connectivity index (χ1n) is 11.3. The molecule has 4 rings (SSSR count). The molecule has 4 aromatic rings. The molecular weight excluding hydrogens is 478 g/mol. The molecule has 0 bridgehead atoms. The number of carbonyl (C=O) groups excluding carboxylic acids is 1. The van der Waals surface area contributed by atoms with Gasteiger partial charge in [0.2, 0.25) is 0 Å². The van der Waals surface area contributed by atoms with Gasteiger partial charge in [-0.3, -0.25) is 0 Å². The summed E-state index contributed by atoms with van der Waals surface area (Å²) in [5.74, 6) is 2.83. The Bertz CT molecular complexity index is 1360. The van der Waals surface area contributed by atoms with Crippen LogP contribution in [0.1, 0.15) is 5.56 Å². The second-order valence-corrected chi connectivity index (χ2v) is 7.79. The topological polar surface area (TPSA) is 119 Å². The third-order valence-electron chi connectivity index (χ3n) is 5.57. The van der Waals surface area contributed by atoms with Gasteiger partial charge in [-0.2, -0.15) is 0 Å². The quantitative estimate of drug-likeness (QED) is 0.344. The van der Waals surface area contributed by atoms with E-state index in [1.807, 2.05) is 36.4 Å². The predicted octanol–water partition coefficient (Wildman–Crippen LogP) is 3.69. The van der Waals surface area contributed by atoms with E-state index in [0.29, 0.717) is 47.4 Å². The third kappa shape index (κ3) is 6.07. The Balaban J connectivity index is 1.52. The molecule has 1 aromatic heterocycles. The lowest BCUT2D eigenvalue weighted by Gasteiger charge is -2.14. The average Bonchev–Trinajstić information content (AvgIpc) is 3.47. The maximum absolute atomic E-state index is 12.6. The number of methoxy groups -OCH3 is 4. The summed E-state index contributed by atoms with van der Waals surface area (Å²) in [5.41, 5.74) is 3.10. The number of aromatic nitrogens is 4. The first-order chi connectivity index (χ1) is 18.0. The number of hydrogen-bond donors (Lipinski definition) is 1. The molecule has 1 heterocycles. The Kier molecular flexibility index (Phi) is 8.04. The highest BCUT2D eigenvalue weighted by Crippen LogP contribution is 2.36. The monoisotopic (exact) mass is 505 g/mol. The minimum atomic E-state index is -0.595. The second kappa shape index (κ2) is 11.8. The maximum atomic E-state index is 12.6. The number of hydrogen-bond acceptors (Lipinski definition) is 9. The van der Waals surface area contributed by atoms with Gasteiger partial charge in [-0.15, -0.1) is 5.10 Å². The molecule has 0 saturated heterocycles. The van der Waals surface area contributed by atoms with Gasteiger partial charge in [0, 0.05) is 24.2 Å². The van der Waals surface area contributed by atoms with Gasteiger partial charge >= 0.3 is 6.09 Å². The molecular formula is C26H27N5O6. The van der Waals surface area contributed by atoms with E-state index in [0.717, 1.165) is 16.7 Å². The lowest BCUT2D eigenvalue weighted by molar-refractivity contribution is 0.200. The number of amides is 1. The molecule has 0 atom stereocenters. The Labute approximate surface area is 213 Å². The van der Waals surface area contributed by atoms with Crippen molar-refractivity contribution >= 4 is 6.09 Å². The van der Waals surface area contributed by atoms with Crippen LogP contribution in [0, 0.1) is 0 Å². The van der Waals surface area contributed by atoms with Crippen LogP contribution < -0.4 is 29.0 Å². The van der Waals surface area contributed by atoms with E-state index >= 15 is 0 Å². The van der Waals surface area contributed by atoms with E-state index in [-0.39, 0.29) is 0 Å². The van der Waals surface area contributed by atoms with Crippen LogP contribution in [0.5, 0.6) is 28.7 Å². The standard InChI is InChI=1S/C26H27N5O6/c1-33-20-6-7-22(24(15-20)35-3)18-12-19(31-16-28-29-30-31)14-21(13-18)37-26(32)27-10-9-17-5-8-23(34-2)25(11-17)36-4/h5-8,11-16H,9-10H2,1-4H3,(H,27,32). The van der Waals surface area contributed by atoms with E-state index in [1.54, 1.807) is 46.6 Å². The molecule has 0 radical (unpaired) electrons. The molecule has 11 heteroatoms. The van der Waals surface area contributed by atoms with Gasteiger partial charge in [0.25, 0.3) is 0 Å². The number of tetrazole rings is 1. The number of nitrogens with one attached hydrogen (secondary N) is 1. The number of ether oxygens (including phenoxy) is 5. The molecule has 0 spiro atoms. The summed E-state index contributed by atoms with van der Waals surface area (Å²) in [6.07, 6.45) is 1.44. The van der Waals surface area contributed by atoms with Crippen molar-refractivity contribution < 1.29 is 28.5 Å². The Morgan fingerprint density at radius 3 is 2.35 bits per heavy atom. The minimum Gasteiger partial charge on any atom is -0.497 e. The molecule has 1 amide bonds. The van der Waals surface area contributed by atoms with Crippen LogP contribution in [0.15, 0.2) is 60.9 Å². The van der Waals surface area contributed by atoms with Crippen molar-refractivity contribution in [2.45, 2.75) is 6.42 Å². The molecule has 0 saturated carbocycles. The van der Waals surface area contributed by atoms with E-state index in [2.05, 4.69) is 20.8 Å². The fourth-order valence-electron chi connectivity index (χ4n) is 3.73. The van der Waals surface area contributed by atoms with Gasteiger partial charge in [0.1, 0.15) is 23.6 Å². The Hall–Kier alpha value is -4.80. The van der Waals surface area contributed by atoms with Crippen molar-refractivity contribution in [1.82, 2.24) is 25.5 Å². The molecule has 0 aliphatic carbocycles. The van der Waals surface area contributed by atoms with Crippen molar-refractivity contribution in [2.24, 2.45) is 0 Å². The van der Waals surface area contributed by atoms with Gasteiger partial charge in [-0.25, -0.2) is 9.48 Å². The number of rotatable bonds is 10. The van der Waals surface area contributed by atoms with Crippen LogP contribution in [0.4, 0.5) is 4.79 Å². The lowest BCUT2D eigenvalue weighted by atomic mass is 10.0. The van der Waals surface area contributed by atoms with Crippen molar-refractivity contribution in [1.29, 1.82) is 0 Å². The molecule has 37 heavy (non-hydrogen) atoms. The van der Waals surface area contributed by atoms with E-state index in [9.17, 15) is 4.79 Å². The van der Waals surface area contributed by atoms with Crippen LogP contribution in [-0.2, 0) is 6.42 Å². The van der Waals surface area contributed by atoms with Gasteiger partial charge < -0.3 is 29.0 Å². The highest BCUT2D eigenvalue weighted by atomic mass is 16.6. The number of carbonyl (C=O) groups is 1. The number of nitrogens with zero attached hydrogens (tertiary/aromatic N) is 4. The third-order valence-corrected chi connectivity index (χ3v) is 5.57. The van der Waals surface area contributed by atoms with E-state index < -0.39 is 6.09 Å². The summed E-state index contributed by atoms with van der Waals surface area (Å²) < 4.78 is 28.5. The molecule has 0 aliphatic heterocycles. The zero-order chi connectivity index (χ0) is 26.2. The molecule has 1 N–H and O–H groups in total. The predicted molar refractivity (Wildman–Crippen MR) is 135 cm³/mol. The highest BCUT2D eigenvalue weighted by molar-refractivity contribution is 5.76. The second-order valence-electron chi connectivity index (χ2n) is 7.79. The zero-order valence-electron chi connectivity index (χ0n) is 20.9. The van der Waals surface area contributed by atoms with Crippen molar-refractivity contribution in [3.05, 3.63) is 66.5 Å². The van der Waals surface area contributed by atoms with Crippen LogP contribution in [0.25, 0.3) is 16.8 Å². The zero-order valence-corrected chi connectivity index (χ0v) is 20.9. The summed E-state index contributed by atoms with van der Waals surface area (Å²) in [4.78, 5) is 12.6. The van der Waals surface area contributed by atoms with E-state index in [1.165, 1.54) is 11.0 Å². The molecule has 192 valence electrons. The average molecular weight is 506 g/mol. The van der Waals surface area contributed by atoms with Gasteiger partial charge in [0.05, 0.1) is 34.1 Å². The maximum Gasteiger partial charge on any atom is 0.412 e. The largest absolute Gasteiger partial charge is 0.497 e. The Morgan fingerprint density at radius 2 is 1.65 bits per heavy atom. The van der Waals surface area contributed by atoms with Crippen LogP contribution >= 0.6 is 0 Å². The van der Waals surface area contributed by atoms with Crippen LogP contribution in [0.2, 0.25) is 0 Å². The first-order valence-corrected chi connectivity index (χ1v) is 11.3. The summed E-state index contributed by atoms with van der Waals surface area (Å²) in [7, 11) is 6.32. The summed E-state index contributed by atoms with van der Waals surface area (Å²) in [6.45, 7) is 0.361. The fraction of sp³-hybridized carbons (Fsp3) is 0.231. The molecule has 0 aliphatic rings. The summed E-state index contributed by atoms with van der Waals surface area (Å²) in [5, 5.41) is 14.1. The van der Waals surface area contributed by atoms with Gasteiger partial charge in [-0.1, -0.05) is 6.07 Å². The van der Waals surface area contributed by atoms with Crippen molar-refractivity contribution in [3.8, 4) is 45.6 Å². The van der Waals surface area contributed by atoms with Gasteiger partial charge in [-0.05, 0) is 64.4 Å². The smallest absolute Gasteiger partial charge is 0.412 e. The fourth-order valence-corrected chi connectivity index (χ4v) is 3.73. The van der Waals surface area contributed by atoms with Crippen LogP contribution in [0.3, 0.4) is 0 Å². The van der Waals surface area contributed by atoms with Crippen molar-refractivity contribution in [2.75, 3.05) is 35.0 Å². The van der Waals surface area contributed by atoms with Crippen LogP contribution in [-0.4, -0.2) is 61.3 Å². The summed E-state index contributed by atoms with van der Waals surface area (Å²) in [6, 6.07) is 16.4. The van der Waals surface area contributed by atoms with Crippen molar-refractivity contribution in [3.63, 3.8) is 0 Å². The lowest BCUT2D eigenvalue weighted by Crippen LogP contribution is -2.28. The van der Waals surface area contributed by atoms with E-state index in [4.69, 9.17) is 23.7 Å². The highest BCUT2D eigenvalue weighted by Gasteiger charge is 2.14. The SMILES string of the molecule is COc1ccc(-c2cc(OC(=O)NCCc3ccc(OC)c(OC)c3)cc(-n3cnnn3)c2)c(OC)c1. The molecule has 0 fully saturated rings. The summed E-state index contributed by atoms with van der Waals surface area (Å²) >= 11 is 0. The minimum absolute atomic E-state index is 0.310. The molecule has 3 aromatic carbocycles. The molecule has 11 nitrogen and oxygen atoms in total. The molecule has 0 unspecified atom stereocenters. The Morgan fingerprint density at radius 1 is 0.838 bits per heavy atom. The normalized spacial score (nSPS) is 10.5.